The highest BCUT2D eigenvalue weighted by atomic mass is 31.2. The highest BCUT2D eigenvalue weighted by Crippen LogP contribution is 2.43. The van der Waals surface area contributed by atoms with Gasteiger partial charge in [-0.15, -0.1) is 0 Å². The summed E-state index contributed by atoms with van der Waals surface area (Å²) in [5, 5.41) is 0. The molecule has 0 amide bonds. The second-order valence-corrected chi connectivity index (χ2v) is 7.87. The average Bonchev–Trinajstić information content (AvgIpc) is 2.70. The van der Waals surface area contributed by atoms with Crippen LogP contribution in [0.5, 0.6) is 0 Å². The van der Waals surface area contributed by atoms with Crippen LogP contribution in [0, 0.1) is 0 Å². The van der Waals surface area contributed by atoms with Crippen LogP contribution in [-0.2, 0) is 32.7 Å². The number of rotatable bonds is 20. The van der Waals surface area contributed by atoms with Crippen LogP contribution in [0.2, 0.25) is 0 Å². The molecule has 0 spiro atoms. The summed E-state index contributed by atoms with van der Waals surface area (Å²) in [7, 11) is -3.99. The van der Waals surface area contributed by atoms with E-state index in [0.717, 1.165) is 63.5 Å². The van der Waals surface area contributed by atoms with Gasteiger partial charge in [0.25, 0.3) is 0 Å². The van der Waals surface area contributed by atoms with E-state index in [1.807, 2.05) is 0 Å². The van der Waals surface area contributed by atoms with Gasteiger partial charge < -0.3 is 14.4 Å². The van der Waals surface area contributed by atoms with E-state index in [2.05, 4.69) is 13.2 Å². The molecule has 0 saturated carbocycles. The molecule has 0 aromatic heterocycles. The van der Waals surface area contributed by atoms with Crippen LogP contribution in [0.1, 0.15) is 64.2 Å². The van der Waals surface area contributed by atoms with Crippen LogP contribution in [0.4, 0.5) is 0 Å². The summed E-state index contributed by atoms with van der Waals surface area (Å²) in [5.41, 5.74) is 0. The van der Waals surface area contributed by atoms with Crippen LogP contribution in [0.15, 0.2) is 25.3 Å². The van der Waals surface area contributed by atoms with E-state index in [1.54, 1.807) is 0 Å². The number of ether oxygens (including phenoxy) is 2. The topological polar surface area (TPSA) is 108 Å². The van der Waals surface area contributed by atoms with Gasteiger partial charge in [0.2, 0.25) is 0 Å². The van der Waals surface area contributed by atoms with Crippen LogP contribution in [0.3, 0.4) is 0 Å². The molecule has 29 heavy (non-hydrogen) atoms. The quantitative estimate of drug-likeness (QED) is 0.129. The predicted octanol–water partition coefficient (Wildman–Crippen LogP) is 4.48. The molecule has 9 heteroatoms. The molecular formula is C20H35O8P. The number of unbranched alkanes of at least 4 members (excludes halogenated alkanes) is 8. The molecule has 0 fully saturated rings. The molecule has 1 N–H and O–H groups in total. The van der Waals surface area contributed by atoms with Gasteiger partial charge in [-0.2, -0.15) is 0 Å². The van der Waals surface area contributed by atoms with Gasteiger partial charge in [-0.3, -0.25) is 9.05 Å². The first kappa shape index (κ1) is 27.5. The van der Waals surface area contributed by atoms with Gasteiger partial charge in [-0.05, 0) is 25.7 Å². The lowest BCUT2D eigenvalue weighted by Gasteiger charge is -2.12. The van der Waals surface area contributed by atoms with Crippen molar-refractivity contribution in [2.45, 2.75) is 64.2 Å². The van der Waals surface area contributed by atoms with Crippen LogP contribution < -0.4 is 0 Å². The molecule has 0 unspecified atom stereocenters. The number of hydrogen-bond acceptors (Lipinski definition) is 7. The Labute approximate surface area is 173 Å². The third-order valence-electron chi connectivity index (χ3n) is 3.91. The van der Waals surface area contributed by atoms with Crippen molar-refractivity contribution >= 4 is 19.8 Å². The largest absolute Gasteiger partial charge is 0.472 e. The van der Waals surface area contributed by atoms with E-state index in [9.17, 15) is 19.0 Å². The summed E-state index contributed by atoms with van der Waals surface area (Å²) in [6, 6.07) is 0. The molecule has 0 aliphatic heterocycles. The number of carbonyl (C=O) groups excluding carboxylic acids is 2. The first-order chi connectivity index (χ1) is 13.9. The number of hydrogen-bond donors (Lipinski definition) is 1. The highest BCUT2D eigenvalue weighted by Gasteiger charge is 2.19. The van der Waals surface area contributed by atoms with Gasteiger partial charge in [0.1, 0.15) is 0 Å². The normalized spacial score (nSPS) is 11.1. The molecule has 0 saturated heterocycles. The lowest BCUT2D eigenvalue weighted by Crippen LogP contribution is -2.02. The fourth-order valence-corrected chi connectivity index (χ4v) is 3.12. The minimum atomic E-state index is -3.99. The summed E-state index contributed by atoms with van der Waals surface area (Å²) in [6.45, 7) is 7.74. The van der Waals surface area contributed by atoms with E-state index in [0.29, 0.717) is 26.1 Å². The number of phosphoric ester groups is 1. The fourth-order valence-electron chi connectivity index (χ4n) is 2.33. The fraction of sp³-hybridized carbons (Fsp3) is 0.700. The van der Waals surface area contributed by atoms with Crippen molar-refractivity contribution in [1.82, 2.24) is 0 Å². The lowest BCUT2D eigenvalue weighted by atomic mass is 10.1. The summed E-state index contributed by atoms with van der Waals surface area (Å²) >= 11 is 0. The maximum atomic E-state index is 11.7. The van der Waals surface area contributed by atoms with Gasteiger partial charge >= 0.3 is 19.8 Å². The molecule has 0 radical (unpaired) electrons. The first-order valence-corrected chi connectivity index (χ1v) is 11.6. The number of carbonyl (C=O) groups is 2. The Hall–Kier alpha value is -1.47. The second-order valence-electron chi connectivity index (χ2n) is 6.41. The van der Waals surface area contributed by atoms with Crippen molar-refractivity contribution in [3.05, 3.63) is 25.3 Å². The maximum Gasteiger partial charge on any atom is 0.472 e. The van der Waals surface area contributed by atoms with E-state index < -0.39 is 19.8 Å². The SMILES string of the molecule is C=CC(=O)OCCCCCCCOP(=O)(O)OCCCCCCCOC(=O)C=C. The lowest BCUT2D eigenvalue weighted by molar-refractivity contribution is -0.138. The monoisotopic (exact) mass is 434 g/mol. The molecule has 0 aromatic rings. The van der Waals surface area contributed by atoms with Gasteiger partial charge in [-0.25, -0.2) is 14.2 Å². The van der Waals surface area contributed by atoms with Crippen molar-refractivity contribution < 1.29 is 37.6 Å². The van der Waals surface area contributed by atoms with Gasteiger partial charge in [-0.1, -0.05) is 51.7 Å². The summed E-state index contributed by atoms with van der Waals surface area (Å²) in [5.74, 6) is -0.827. The van der Waals surface area contributed by atoms with Gasteiger partial charge in [0, 0.05) is 12.2 Å². The molecule has 0 bridgehead atoms. The molecule has 0 aliphatic carbocycles. The van der Waals surface area contributed by atoms with Crippen molar-refractivity contribution in [2.75, 3.05) is 26.4 Å². The Kier molecular flexibility index (Phi) is 17.6. The van der Waals surface area contributed by atoms with E-state index in [4.69, 9.17) is 18.5 Å². The van der Waals surface area contributed by atoms with E-state index in [1.165, 1.54) is 0 Å². The average molecular weight is 434 g/mol. The van der Waals surface area contributed by atoms with Crippen LogP contribution in [-0.4, -0.2) is 43.3 Å². The van der Waals surface area contributed by atoms with Gasteiger partial charge in [0.15, 0.2) is 0 Å². The van der Waals surface area contributed by atoms with Crippen LogP contribution in [0.25, 0.3) is 0 Å². The summed E-state index contributed by atoms with van der Waals surface area (Å²) in [6.07, 6.45) is 10.6. The molecule has 0 rings (SSSR count). The summed E-state index contributed by atoms with van der Waals surface area (Å²) in [4.78, 5) is 31.3. The smallest absolute Gasteiger partial charge is 0.463 e. The first-order valence-electron chi connectivity index (χ1n) is 10.1. The molecular weight excluding hydrogens is 399 g/mol. The minimum absolute atomic E-state index is 0.169. The third-order valence-corrected chi connectivity index (χ3v) is 4.93. The molecule has 8 nitrogen and oxygen atoms in total. The van der Waals surface area contributed by atoms with Crippen molar-refractivity contribution in [1.29, 1.82) is 0 Å². The number of esters is 2. The minimum Gasteiger partial charge on any atom is -0.463 e. The molecule has 0 heterocycles. The Bertz CT molecular complexity index is 479. The Balaban J connectivity index is 3.43. The zero-order chi connectivity index (χ0) is 21.8. The zero-order valence-corrected chi connectivity index (χ0v) is 18.1. The number of phosphoric acid groups is 1. The standard InChI is InChI=1S/C20H35O8P/c1-3-19(21)25-15-11-7-5-9-13-17-27-29(23,24)28-18-14-10-6-8-12-16-26-20(22)4-2/h3-4H,1-2,5-18H2,(H,23,24). The van der Waals surface area contributed by atoms with Crippen molar-refractivity contribution in [3.8, 4) is 0 Å². The molecule has 0 atom stereocenters. The van der Waals surface area contributed by atoms with Crippen molar-refractivity contribution in [3.63, 3.8) is 0 Å². The Morgan fingerprint density at radius 3 is 1.31 bits per heavy atom. The molecule has 0 aromatic carbocycles. The summed E-state index contributed by atoms with van der Waals surface area (Å²) < 4.78 is 31.4. The third kappa shape index (κ3) is 19.6. The Morgan fingerprint density at radius 1 is 0.655 bits per heavy atom. The maximum absolute atomic E-state index is 11.7. The molecule has 168 valence electrons. The van der Waals surface area contributed by atoms with Gasteiger partial charge in [0.05, 0.1) is 26.4 Å². The Morgan fingerprint density at radius 2 is 0.966 bits per heavy atom. The van der Waals surface area contributed by atoms with Crippen LogP contribution >= 0.6 is 7.82 Å². The molecule has 0 aliphatic rings. The predicted molar refractivity (Wildman–Crippen MR) is 110 cm³/mol. The second kappa shape index (κ2) is 18.6. The zero-order valence-electron chi connectivity index (χ0n) is 17.2. The highest BCUT2D eigenvalue weighted by molar-refractivity contribution is 7.47. The van der Waals surface area contributed by atoms with E-state index in [-0.39, 0.29) is 13.2 Å². The van der Waals surface area contributed by atoms with Crippen molar-refractivity contribution in [2.24, 2.45) is 0 Å². The van der Waals surface area contributed by atoms with E-state index >= 15 is 0 Å².